The maximum absolute atomic E-state index is 12.5. The van der Waals surface area contributed by atoms with Gasteiger partial charge >= 0.3 is 0 Å². The predicted octanol–water partition coefficient (Wildman–Crippen LogP) is 1.69. The normalized spacial score (nSPS) is 16.1. The maximum atomic E-state index is 12.5. The summed E-state index contributed by atoms with van der Waals surface area (Å²) in [5, 5.41) is 2.74. The molecule has 0 aliphatic carbocycles. The van der Waals surface area contributed by atoms with Crippen LogP contribution in [0.3, 0.4) is 0 Å². The van der Waals surface area contributed by atoms with Crippen molar-refractivity contribution in [1.82, 2.24) is 19.8 Å². The number of nitrogens with zero attached hydrogens (tertiary/aromatic N) is 4. The highest BCUT2D eigenvalue weighted by atomic mass is 16.5. The molecular weight excluding hydrogens is 386 g/mol. The lowest BCUT2D eigenvalue weighted by molar-refractivity contribution is -0.136. The van der Waals surface area contributed by atoms with Gasteiger partial charge in [-0.05, 0) is 37.1 Å². The van der Waals surface area contributed by atoms with Crippen molar-refractivity contribution in [3.8, 4) is 17.0 Å². The number of methoxy groups -OCH3 is 1. The van der Waals surface area contributed by atoms with Gasteiger partial charge in [0.2, 0.25) is 5.91 Å². The number of hydrogen-bond acceptors (Lipinski definition) is 7. The van der Waals surface area contributed by atoms with Gasteiger partial charge in [-0.3, -0.25) is 24.3 Å². The fourth-order valence-electron chi connectivity index (χ4n) is 3.60. The second kappa shape index (κ2) is 7.94. The molecule has 2 aliphatic rings. The van der Waals surface area contributed by atoms with Gasteiger partial charge in [0.1, 0.15) is 17.3 Å². The Morgan fingerprint density at radius 1 is 1.17 bits per heavy atom. The summed E-state index contributed by atoms with van der Waals surface area (Å²) in [7, 11) is 3.04. The molecule has 3 amide bonds. The molecule has 2 aliphatic heterocycles. The Kier molecular flexibility index (Phi) is 5.18. The van der Waals surface area contributed by atoms with Crippen LogP contribution in [0.4, 0.5) is 5.82 Å². The lowest BCUT2D eigenvalue weighted by Gasteiger charge is -2.28. The third-order valence-electron chi connectivity index (χ3n) is 5.16. The van der Waals surface area contributed by atoms with E-state index in [-0.39, 0.29) is 25.7 Å². The molecule has 2 aromatic heterocycles. The molecule has 0 bridgehead atoms. The van der Waals surface area contributed by atoms with Gasteiger partial charge in [0.25, 0.3) is 11.8 Å². The molecular formula is C21H23N5O4. The summed E-state index contributed by atoms with van der Waals surface area (Å²) in [5.41, 5.74) is 2.39. The van der Waals surface area contributed by atoms with Gasteiger partial charge in [-0.2, -0.15) is 0 Å². The first kappa shape index (κ1) is 19.6. The highest BCUT2D eigenvalue weighted by Crippen LogP contribution is 2.30. The molecule has 0 fully saturated rings. The Morgan fingerprint density at radius 3 is 2.67 bits per heavy atom. The minimum atomic E-state index is -0.350. The van der Waals surface area contributed by atoms with E-state index in [1.54, 1.807) is 30.5 Å². The van der Waals surface area contributed by atoms with Crippen LogP contribution in [0.1, 0.15) is 14.3 Å². The third-order valence-corrected chi connectivity index (χ3v) is 5.16. The summed E-state index contributed by atoms with van der Waals surface area (Å²) in [4.78, 5) is 48.4. The van der Waals surface area contributed by atoms with Crippen LogP contribution in [0.15, 0.2) is 47.9 Å². The number of nitrogens with one attached hydrogen (secondary N) is 1. The second-order valence-corrected chi connectivity index (χ2v) is 7.09. The number of carbonyl (C=O) groups is 3. The van der Waals surface area contributed by atoms with E-state index in [2.05, 4.69) is 15.3 Å². The lowest BCUT2D eigenvalue weighted by atomic mass is 10.0. The van der Waals surface area contributed by atoms with Crippen LogP contribution in [-0.4, -0.2) is 64.7 Å². The van der Waals surface area contributed by atoms with Gasteiger partial charge in [0.05, 0.1) is 25.5 Å². The zero-order chi connectivity index (χ0) is 21.3. The van der Waals surface area contributed by atoms with Gasteiger partial charge in [0, 0.05) is 32.4 Å². The van der Waals surface area contributed by atoms with Crippen molar-refractivity contribution in [2.24, 2.45) is 0 Å². The fourth-order valence-corrected chi connectivity index (χ4v) is 3.60. The van der Waals surface area contributed by atoms with Crippen LogP contribution in [0.5, 0.6) is 5.75 Å². The molecule has 0 aromatic carbocycles. The minimum absolute atomic E-state index is 0. The molecule has 30 heavy (non-hydrogen) atoms. The third kappa shape index (κ3) is 3.61. The monoisotopic (exact) mass is 409 g/mol. The molecule has 9 nitrogen and oxygen atoms in total. The van der Waals surface area contributed by atoms with Gasteiger partial charge in [-0.1, -0.05) is 0 Å². The zero-order valence-electron chi connectivity index (χ0n) is 16.7. The number of pyridine rings is 2. The van der Waals surface area contributed by atoms with E-state index in [0.29, 0.717) is 35.8 Å². The smallest absolute Gasteiger partial charge is 0.277 e. The van der Waals surface area contributed by atoms with Gasteiger partial charge in [0.15, 0.2) is 0 Å². The van der Waals surface area contributed by atoms with E-state index in [9.17, 15) is 14.4 Å². The highest BCUT2D eigenvalue weighted by molar-refractivity contribution is 6.19. The van der Waals surface area contributed by atoms with Crippen LogP contribution >= 0.6 is 0 Å². The maximum Gasteiger partial charge on any atom is 0.277 e. The van der Waals surface area contributed by atoms with Crippen molar-refractivity contribution in [3.63, 3.8) is 0 Å². The SMILES string of the molecule is COc1ccc(-c2ccc(NC(=O)CN3CCCC4=C3C(=O)N(C)C4=O)nc2)nc1.[HH]. The Hall–Kier alpha value is -3.75. The van der Waals surface area contributed by atoms with E-state index in [1.165, 1.54) is 7.05 Å². The van der Waals surface area contributed by atoms with E-state index >= 15 is 0 Å². The summed E-state index contributed by atoms with van der Waals surface area (Å²) in [5.74, 6) is 0.137. The lowest BCUT2D eigenvalue weighted by Crippen LogP contribution is -2.38. The van der Waals surface area contributed by atoms with E-state index in [1.807, 2.05) is 18.2 Å². The molecule has 9 heteroatoms. The zero-order valence-corrected chi connectivity index (χ0v) is 16.7. The Labute approximate surface area is 174 Å². The number of hydrogen-bond donors (Lipinski definition) is 1. The van der Waals surface area contributed by atoms with Crippen molar-refractivity contribution in [2.75, 3.05) is 32.6 Å². The number of ether oxygens (including phenoxy) is 1. The van der Waals surface area contributed by atoms with Crippen LogP contribution in [0.25, 0.3) is 11.3 Å². The molecule has 156 valence electrons. The number of rotatable bonds is 5. The van der Waals surface area contributed by atoms with Gasteiger partial charge < -0.3 is 15.0 Å². The summed E-state index contributed by atoms with van der Waals surface area (Å²) >= 11 is 0. The molecule has 4 rings (SSSR count). The molecule has 0 saturated carbocycles. The molecule has 0 radical (unpaired) electrons. The van der Waals surface area contributed by atoms with Crippen molar-refractivity contribution < 1.29 is 20.5 Å². The van der Waals surface area contributed by atoms with Crippen molar-refractivity contribution >= 4 is 23.5 Å². The highest BCUT2D eigenvalue weighted by Gasteiger charge is 2.40. The topological polar surface area (TPSA) is 105 Å². The second-order valence-electron chi connectivity index (χ2n) is 7.09. The molecule has 4 heterocycles. The van der Waals surface area contributed by atoms with Crippen LogP contribution < -0.4 is 10.1 Å². The molecule has 0 atom stereocenters. The first-order valence-corrected chi connectivity index (χ1v) is 9.54. The van der Waals surface area contributed by atoms with Gasteiger partial charge in [-0.15, -0.1) is 0 Å². The molecule has 2 aromatic rings. The van der Waals surface area contributed by atoms with Crippen LogP contribution in [0.2, 0.25) is 0 Å². The Balaban J connectivity index is 0.00000272. The summed E-state index contributed by atoms with van der Waals surface area (Å²) in [6.07, 6.45) is 4.53. The number of amides is 3. The Morgan fingerprint density at radius 2 is 2.00 bits per heavy atom. The quantitative estimate of drug-likeness (QED) is 0.749. The average molecular weight is 409 g/mol. The summed E-state index contributed by atoms with van der Waals surface area (Å²) in [6, 6.07) is 7.14. The first-order chi connectivity index (χ1) is 14.5. The number of carbonyl (C=O) groups excluding carboxylic acids is 3. The standard InChI is InChI=1S/C21H21N5O4.H2/c1-25-20(28)15-4-3-9-26(19(15)21(25)29)12-18(27)24-17-8-5-13(10-23-17)16-7-6-14(30-2)11-22-16;/h5-8,10-11H,3-4,9,12H2,1-2H3,(H,23,24,27);1H. The molecule has 0 saturated heterocycles. The summed E-state index contributed by atoms with van der Waals surface area (Å²) in [6.45, 7) is 0.532. The summed E-state index contributed by atoms with van der Waals surface area (Å²) < 4.78 is 5.10. The fraction of sp³-hybridized carbons (Fsp3) is 0.286. The first-order valence-electron chi connectivity index (χ1n) is 9.54. The number of imide groups is 1. The number of aromatic nitrogens is 2. The van der Waals surface area contributed by atoms with Crippen LogP contribution in [-0.2, 0) is 14.4 Å². The van der Waals surface area contributed by atoms with Crippen molar-refractivity contribution in [3.05, 3.63) is 47.9 Å². The van der Waals surface area contributed by atoms with Gasteiger partial charge in [-0.25, -0.2) is 4.98 Å². The van der Waals surface area contributed by atoms with Crippen molar-refractivity contribution in [2.45, 2.75) is 12.8 Å². The van der Waals surface area contributed by atoms with E-state index in [4.69, 9.17) is 4.74 Å². The molecule has 0 spiro atoms. The minimum Gasteiger partial charge on any atom is -0.495 e. The largest absolute Gasteiger partial charge is 0.495 e. The molecule has 0 unspecified atom stereocenters. The number of likely N-dealkylation sites (N-methyl/N-ethyl adjacent to an activating group) is 1. The van der Waals surface area contributed by atoms with E-state index < -0.39 is 0 Å². The van der Waals surface area contributed by atoms with E-state index in [0.717, 1.165) is 22.6 Å². The Bertz CT molecular complexity index is 1040. The predicted molar refractivity (Wildman–Crippen MR) is 110 cm³/mol. The number of anilines is 1. The average Bonchev–Trinajstić information content (AvgIpc) is 2.99. The van der Waals surface area contributed by atoms with Crippen molar-refractivity contribution in [1.29, 1.82) is 0 Å². The molecule has 1 N–H and O–H groups in total. The van der Waals surface area contributed by atoms with Crippen LogP contribution in [0, 0.1) is 0 Å².